The molecular formula is C18H26N2O4. The average molecular weight is 334 g/mol. The number of likely N-dealkylation sites (tertiary alicyclic amines) is 1. The fourth-order valence-electron chi connectivity index (χ4n) is 3.38. The average Bonchev–Trinajstić information content (AvgIpc) is 2.79. The first kappa shape index (κ1) is 17.2. The molecule has 0 aromatic carbocycles. The minimum absolute atomic E-state index is 0.0638. The molecule has 2 aliphatic rings. The molecule has 2 aliphatic heterocycles. The topological polar surface area (TPSA) is 71.9 Å². The van der Waals surface area contributed by atoms with Gasteiger partial charge in [-0.05, 0) is 38.3 Å². The molecule has 24 heavy (non-hydrogen) atoms. The van der Waals surface area contributed by atoms with Crippen LogP contribution >= 0.6 is 0 Å². The molecule has 3 heterocycles. The van der Waals surface area contributed by atoms with E-state index in [9.17, 15) is 9.90 Å². The Hall–Kier alpha value is -1.66. The lowest BCUT2D eigenvalue weighted by atomic mass is 9.98. The van der Waals surface area contributed by atoms with Crippen molar-refractivity contribution in [2.75, 3.05) is 26.3 Å². The molecule has 1 aromatic heterocycles. The lowest BCUT2D eigenvalue weighted by Gasteiger charge is -2.28. The zero-order valence-corrected chi connectivity index (χ0v) is 14.2. The minimum atomic E-state index is -0.572. The highest BCUT2D eigenvalue weighted by molar-refractivity contribution is 5.79. The normalized spacial score (nSPS) is 26.0. The number of carbonyl (C=O) groups is 1. The quantitative estimate of drug-likeness (QED) is 0.908. The summed E-state index contributed by atoms with van der Waals surface area (Å²) in [5, 5.41) is 10.4. The van der Waals surface area contributed by atoms with Gasteiger partial charge in [-0.2, -0.15) is 0 Å². The largest absolute Gasteiger partial charge is 0.486 e. The number of aromatic nitrogens is 1. The number of aliphatic hydroxyl groups is 1. The minimum Gasteiger partial charge on any atom is -0.486 e. The first-order valence-corrected chi connectivity index (χ1v) is 8.78. The standard InChI is InChI=1S/C18H26N2O4/c1-13-16(3-2-8-19-13)24-17-5-10-20(9-4-15(17)21)18(22)14-6-11-23-12-7-14/h2-3,8,14-15,17,21H,4-7,9-12H2,1H3/t15-,17-/m0/s1. The lowest BCUT2D eigenvalue weighted by Crippen LogP contribution is -2.39. The van der Waals surface area contributed by atoms with Gasteiger partial charge in [-0.25, -0.2) is 0 Å². The number of pyridine rings is 1. The SMILES string of the molecule is Cc1ncccc1O[C@H]1CCN(C(=O)C2CCOCC2)CC[C@@H]1O. The van der Waals surface area contributed by atoms with E-state index in [4.69, 9.17) is 9.47 Å². The molecule has 0 aliphatic carbocycles. The molecular weight excluding hydrogens is 308 g/mol. The van der Waals surface area contributed by atoms with Crippen molar-refractivity contribution >= 4 is 5.91 Å². The lowest BCUT2D eigenvalue weighted by molar-refractivity contribution is -0.138. The maximum atomic E-state index is 12.7. The number of rotatable bonds is 3. The summed E-state index contributed by atoms with van der Waals surface area (Å²) >= 11 is 0. The fraction of sp³-hybridized carbons (Fsp3) is 0.667. The van der Waals surface area contributed by atoms with Gasteiger partial charge in [0.15, 0.2) is 0 Å². The second-order valence-electron chi connectivity index (χ2n) is 6.60. The molecule has 6 heteroatoms. The third kappa shape index (κ3) is 4.05. The van der Waals surface area contributed by atoms with Crippen molar-refractivity contribution in [2.24, 2.45) is 5.92 Å². The molecule has 1 N–H and O–H groups in total. The first-order chi connectivity index (χ1) is 11.6. The van der Waals surface area contributed by atoms with Crippen LogP contribution in [0.3, 0.4) is 0 Å². The van der Waals surface area contributed by atoms with E-state index in [2.05, 4.69) is 4.98 Å². The van der Waals surface area contributed by atoms with E-state index >= 15 is 0 Å². The van der Waals surface area contributed by atoms with E-state index < -0.39 is 6.10 Å². The Bertz CT molecular complexity index is 560. The molecule has 3 rings (SSSR count). The van der Waals surface area contributed by atoms with E-state index in [1.54, 1.807) is 6.20 Å². The molecule has 1 amide bonds. The maximum Gasteiger partial charge on any atom is 0.225 e. The summed E-state index contributed by atoms with van der Waals surface area (Å²) in [4.78, 5) is 18.8. The molecule has 0 saturated carbocycles. The van der Waals surface area contributed by atoms with Crippen LogP contribution in [0, 0.1) is 12.8 Å². The molecule has 2 saturated heterocycles. The Morgan fingerprint density at radius 1 is 1.29 bits per heavy atom. The molecule has 0 spiro atoms. The molecule has 1 aromatic rings. The van der Waals surface area contributed by atoms with E-state index in [1.807, 2.05) is 24.0 Å². The van der Waals surface area contributed by atoms with Crippen LogP contribution in [-0.2, 0) is 9.53 Å². The Morgan fingerprint density at radius 2 is 2.04 bits per heavy atom. The number of carbonyl (C=O) groups excluding carboxylic acids is 1. The Balaban J connectivity index is 1.60. The van der Waals surface area contributed by atoms with Gasteiger partial charge in [0.2, 0.25) is 5.91 Å². The van der Waals surface area contributed by atoms with Crippen LogP contribution in [0.1, 0.15) is 31.4 Å². The zero-order valence-electron chi connectivity index (χ0n) is 14.2. The predicted molar refractivity (Wildman–Crippen MR) is 88.8 cm³/mol. The third-order valence-corrected chi connectivity index (χ3v) is 4.93. The van der Waals surface area contributed by atoms with Crippen LogP contribution < -0.4 is 4.74 Å². The first-order valence-electron chi connectivity index (χ1n) is 8.78. The number of hydrogen-bond acceptors (Lipinski definition) is 5. The van der Waals surface area contributed by atoms with Gasteiger partial charge in [-0.15, -0.1) is 0 Å². The number of hydrogen-bond donors (Lipinski definition) is 1. The van der Waals surface area contributed by atoms with Crippen LogP contribution in [0.15, 0.2) is 18.3 Å². The summed E-state index contributed by atoms with van der Waals surface area (Å²) in [5.74, 6) is 0.961. The molecule has 2 fully saturated rings. The number of aryl methyl sites for hydroxylation is 1. The second-order valence-corrected chi connectivity index (χ2v) is 6.60. The van der Waals surface area contributed by atoms with Gasteiger partial charge >= 0.3 is 0 Å². The summed E-state index contributed by atoms with van der Waals surface area (Å²) in [6.07, 6.45) is 3.61. The highest BCUT2D eigenvalue weighted by Crippen LogP contribution is 2.24. The van der Waals surface area contributed by atoms with E-state index in [0.29, 0.717) is 44.9 Å². The molecule has 6 nitrogen and oxygen atoms in total. The molecule has 0 unspecified atom stereocenters. The van der Waals surface area contributed by atoms with Crippen molar-refractivity contribution in [3.63, 3.8) is 0 Å². The summed E-state index contributed by atoms with van der Waals surface area (Å²) in [6.45, 7) is 4.43. The summed E-state index contributed by atoms with van der Waals surface area (Å²) < 4.78 is 11.3. The number of ether oxygens (including phenoxy) is 2. The highest BCUT2D eigenvalue weighted by Gasteiger charge is 2.32. The van der Waals surface area contributed by atoms with Crippen LogP contribution in [0.4, 0.5) is 0 Å². The van der Waals surface area contributed by atoms with Crippen molar-refractivity contribution < 1.29 is 19.4 Å². The second kappa shape index (κ2) is 7.94. The van der Waals surface area contributed by atoms with Crippen LogP contribution in [0.25, 0.3) is 0 Å². The van der Waals surface area contributed by atoms with Crippen LogP contribution in [0.5, 0.6) is 5.75 Å². The Kier molecular flexibility index (Phi) is 5.68. The van der Waals surface area contributed by atoms with Gasteiger partial charge in [-0.3, -0.25) is 9.78 Å². The van der Waals surface area contributed by atoms with Gasteiger partial charge in [0.25, 0.3) is 0 Å². The van der Waals surface area contributed by atoms with Crippen molar-refractivity contribution in [2.45, 2.75) is 44.8 Å². The zero-order chi connectivity index (χ0) is 16.9. The van der Waals surface area contributed by atoms with Crippen molar-refractivity contribution in [3.8, 4) is 5.75 Å². The van der Waals surface area contributed by atoms with Gasteiger partial charge < -0.3 is 19.5 Å². The molecule has 0 radical (unpaired) electrons. The van der Waals surface area contributed by atoms with Gasteiger partial charge in [0.05, 0.1) is 11.8 Å². The Labute approximate surface area is 142 Å². The third-order valence-electron chi connectivity index (χ3n) is 4.93. The summed E-state index contributed by atoms with van der Waals surface area (Å²) in [5.41, 5.74) is 0.809. The number of nitrogens with zero attached hydrogens (tertiary/aromatic N) is 2. The van der Waals surface area contributed by atoms with Crippen molar-refractivity contribution in [1.29, 1.82) is 0 Å². The van der Waals surface area contributed by atoms with E-state index in [0.717, 1.165) is 18.5 Å². The van der Waals surface area contributed by atoms with Gasteiger partial charge in [0.1, 0.15) is 11.9 Å². The maximum absolute atomic E-state index is 12.7. The van der Waals surface area contributed by atoms with Crippen molar-refractivity contribution in [3.05, 3.63) is 24.0 Å². The van der Waals surface area contributed by atoms with Gasteiger partial charge in [0, 0.05) is 44.8 Å². The number of amides is 1. The molecule has 132 valence electrons. The number of aliphatic hydroxyl groups excluding tert-OH is 1. The van der Waals surface area contributed by atoms with Crippen molar-refractivity contribution in [1.82, 2.24) is 9.88 Å². The summed E-state index contributed by atoms with van der Waals surface area (Å²) in [7, 11) is 0. The monoisotopic (exact) mass is 334 g/mol. The van der Waals surface area contributed by atoms with E-state index in [-0.39, 0.29) is 17.9 Å². The van der Waals surface area contributed by atoms with Gasteiger partial charge in [-0.1, -0.05) is 0 Å². The fourth-order valence-corrected chi connectivity index (χ4v) is 3.38. The predicted octanol–water partition coefficient (Wildman–Crippen LogP) is 1.55. The van der Waals surface area contributed by atoms with Crippen LogP contribution in [0.2, 0.25) is 0 Å². The smallest absolute Gasteiger partial charge is 0.225 e. The summed E-state index contributed by atoms with van der Waals surface area (Å²) in [6, 6.07) is 3.69. The highest BCUT2D eigenvalue weighted by atomic mass is 16.5. The Morgan fingerprint density at radius 3 is 2.79 bits per heavy atom. The molecule has 0 bridgehead atoms. The van der Waals surface area contributed by atoms with E-state index in [1.165, 1.54) is 0 Å². The molecule has 2 atom stereocenters. The van der Waals surface area contributed by atoms with Crippen LogP contribution in [-0.4, -0.2) is 59.4 Å².